The Bertz CT molecular complexity index is 1880. The molecule has 0 heterocycles. The minimum atomic E-state index is 0.185. The van der Waals surface area contributed by atoms with Crippen molar-refractivity contribution in [3.05, 3.63) is 120 Å². The summed E-state index contributed by atoms with van der Waals surface area (Å²) in [5.41, 5.74) is 3.18. The molecule has 0 unspecified atom stereocenters. The molecule has 0 saturated carbocycles. The zero-order chi connectivity index (χ0) is 27.8. The first-order chi connectivity index (χ1) is 19.1. The molecule has 196 valence electrons. The highest BCUT2D eigenvalue weighted by atomic mass is 14.2. The summed E-state index contributed by atoms with van der Waals surface area (Å²) in [6, 6.07) is 40.6. The zero-order valence-electron chi connectivity index (χ0n) is 24.4. The first-order valence-electron chi connectivity index (χ1n) is 14.4. The van der Waals surface area contributed by atoms with Crippen LogP contribution in [0, 0.1) is 0 Å². The molecule has 8 rings (SSSR count). The molecule has 8 aromatic rings. The van der Waals surface area contributed by atoms with Crippen LogP contribution in [-0.4, -0.2) is 0 Å². The van der Waals surface area contributed by atoms with Crippen molar-refractivity contribution < 1.29 is 0 Å². The van der Waals surface area contributed by atoms with Gasteiger partial charge in [0.05, 0.1) is 0 Å². The predicted molar refractivity (Wildman–Crippen MR) is 178 cm³/mol. The Hall–Kier alpha value is -4.16. The normalized spacial score (nSPS) is 12.8. The highest BCUT2D eigenvalue weighted by Gasteiger charge is 2.18. The van der Waals surface area contributed by atoms with Gasteiger partial charge in [-0.15, -0.1) is 0 Å². The second kappa shape index (κ2) is 8.67. The average Bonchev–Trinajstić information content (AvgIpc) is 2.94. The third kappa shape index (κ3) is 3.97. The van der Waals surface area contributed by atoms with Crippen LogP contribution in [0.5, 0.6) is 0 Å². The van der Waals surface area contributed by atoms with Crippen molar-refractivity contribution in [2.75, 3.05) is 0 Å². The van der Waals surface area contributed by atoms with Crippen molar-refractivity contribution in [1.29, 1.82) is 0 Å². The first kappa shape index (κ1) is 24.9. The Labute approximate surface area is 236 Å². The smallest absolute Gasteiger partial charge is 0.00266 e. The maximum Gasteiger partial charge on any atom is -0.00266 e. The van der Waals surface area contributed by atoms with Crippen molar-refractivity contribution >= 4 is 64.6 Å². The van der Waals surface area contributed by atoms with Gasteiger partial charge in [0.2, 0.25) is 0 Å². The van der Waals surface area contributed by atoms with E-state index in [2.05, 4.69) is 151 Å². The van der Waals surface area contributed by atoms with Crippen molar-refractivity contribution in [2.45, 2.75) is 52.4 Å². The third-order valence-electron chi connectivity index (χ3n) is 8.66. The van der Waals surface area contributed by atoms with E-state index in [1.54, 1.807) is 0 Å². The van der Waals surface area contributed by atoms with E-state index in [0.717, 1.165) is 0 Å². The quantitative estimate of drug-likeness (QED) is 0.176. The molecule has 0 saturated heterocycles. The van der Waals surface area contributed by atoms with E-state index in [-0.39, 0.29) is 10.8 Å². The fourth-order valence-electron chi connectivity index (χ4n) is 6.37. The largest absolute Gasteiger partial charge is 0.0610 e. The standard InChI is InChI=1S/2C20H18/c2*1-20(2,3)17-11-15-9-7-13-5-4-6-14-8-10-16(12-17)19(15)18(13)14/h2*4-12H,1-3H3. The lowest BCUT2D eigenvalue weighted by Crippen LogP contribution is -2.10. The van der Waals surface area contributed by atoms with Crippen LogP contribution < -0.4 is 0 Å². The van der Waals surface area contributed by atoms with E-state index < -0.39 is 0 Å². The summed E-state index contributed by atoms with van der Waals surface area (Å²) in [4.78, 5) is 0. The molecule has 0 spiro atoms. The molecule has 0 N–H and O–H groups in total. The van der Waals surface area contributed by atoms with Crippen LogP contribution in [0.4, 0.5) is 0 Å². The van der Waals surface area contributed by atoms with Gasteiger partial charge in [0, 0.05) is 0 Å². The van der Waals surface area contributed by atoms with E-state index in [4.69, 9.17) is 0 Å². The molecule has 0 fully saturated rings. The minimum Gasteiger partial charge on any atom is -0.0610 e. The Balaban J connectivity index is 0.000000132. The minimum absolute atomic E-state index is 0.185. The summed E-state index contributed by atoms with van der Waals surface area (Å²) in [7, 11) is 0. The highest BCUT2D eigenvalue weighted by molar-refractivity contribution is 6.24. The second-order valence-corrected chi connectivity index (χ2v) is 13.5. The van der Waals surface area contributed by atoms with Gasteiger partial charge in [-0.2, -0.15) is 0 Å². The molecule has 0 aliphatic carbocycles. The number of rotatable bonds is 0. The molecule has 0 amide bonds. The van der Waals surface area contributed by atoms with Gasteiger partial charge >= 0.3 is 0 Å². The van der Waals surface area contributed by atoms with E-state index >= 15 is 0 Å². The Morgan fingerprint density at radius 3 is 0.775 bits per heavy atom. The fraction of sp³-hybridized carbons (Fsp3) is 0.200. The van der Waals surface area contributed by atoms with Gasteiger partial charge in [-0.1, -0.05) is 151 Å². The second-order valence-electron chi connectivity index (χ2n) is 13.5. The lowest BCUT2D eigenvalue weighted by atomic mass is 9.83. The molecule has 0 nitrogen and oxygen atoms in total. The first-order valence-corrected chi connectivity index (χ1v) is 14.4. The molecule has 40 heavy (non-hydrogen) atoms. The topological polar surface area (TPSA) is 0 Å². The summed E-state index contributed by atoms with van der Waals surface area (Å²) in [6.07, 6.45) is 0. The number of hydrogen-bond donors (Lipinski definition) is 0. The van der Waals surface area contributed by atoms with Crippen molar-refractivity contribution in [1.82, 2.24) is 0 Å². The van der Waals surface area contributed by atoms with E-state index in [0.29, 0.717) is 0 Å². The van der Waals surface area contributed by atoms with Crippen molar-refractivity contribution in [3.63, 3.8) is 0 Å². The molecule has 0 aliphatic rings. The molecular weight excluding hydrogens is 480 g/mol. The average molecular weight is 517 g/mol. The van der Waals surface area contributed by atoms with Crippen LogP contribution >= 0.6 is 0 Å². The van der Waals surface area contributed by atoms with Gasteiger partial charge in [-0.05, 0) is 86.6 Å². The number of benzene rings is 8. The zero-order valence-corrected chi connectivity index (χ0v) is 24.4. The SMILES string of the molecule is CC(C)(C)c1cc2ccc3cccc4ccc(c1)c2c34.CC(C)(C)c1cc2ccc3cccc4ccc(c1)c2c34. The van der Waals surface area contributed by atoms with Crippen LogP contribution in [0.3, 0.4) is 0 Å². The maximum absolute atomic E-state index is 2.36. The van der Waals surface area contributed by atoms with Gasteiger partial charge in [-0.25, -0.2) is 0 Å². The summed E-state index contributed by atoms with van der Waals surface area (Å²) in [5.74, 6) is 0. The van der Waals surface area contributed by atoms with E-state index in [9.17, 15) is 0 Å². The molecule has 0 atom stereocenters. The molecule has 0 aromatic heterocycles. The molecular formula is C40H36. The van der Waals surface area contributed by atoms with Gasteiger partial charge in [0.1, 0.15) is 0 Å². The Morgan fingerprint density at radius 2 is 0.525 bits per heavy atom. The van der Waals surface area contributed by atoms with Crippen LogP contribution in [-0.2, 0) is 10.8 Å². The Kier molecular flexibility index (Phi) is 5.39. The lowest BCUT2D eigenvalue weighted by Gasteiger charge is -2.21. The molecule has 0 bridgehead atoms. The molecule has 0 heteroatoms. The summed E-state index contributed by atoms with van der Waals surface area (Å²) in [6.45, 7) is 13.7. The van der Waals surface area contributed by atoms with Crippen LogP contribution in [0.2, 0.25) is 0 Å². The van der Waals surface area contributed by atoms with Gasteiger partial charge < -0.3 is 0 Å². The van der Waals surface area contributed by atoms with E-state index in [1.165, 1.54) is 75.8 Å². The maximum atomic E-state index is 2.36. The summed E-state index contributed by atoms with van der Waals surface area (Å²) in [5, 5.41) is 16.4. The molecule has 0 radical (unpaired) electrons. The lowest BCUT2D eigenvalue weighted by molar-refractivity contribution is 0.591. The summed E-state index contributed by atoms with van der Waals surface area (Å²) < 4.78 is 0. The van der Waals surface area contributed by atoms with Crippen LogP contribution in [0.1, 0.15) is 52.7 Å². The fourth-order valence-corrected chi connectivity index (χ4v) is 6.37. The van der Waals surface area contributed by atoms with E-state index in [1.807, 2.05) is 0 Å². The van der Waals surface area contributed by atoms with Gasteiger partial charge in [0.25, 0.3) is 0 Å². The molecule has 8 aromatic carbocycles. The van der Waals surface area contributed by atoms with Crippen LogP contribution in [0.25, 0.3) is 64.6 Å². The monoisotopic (exact) mass is 516 g/mol. The van der Waals surface area contributed by atoms with Crippen LogP contribution in [0.15, 0.2) is 109 Å². The number of hydrogen-bond acceptors (Lipinski definition) is 0. The summed E-state index contributed by atoms with van der Waals surface area (Å²) >= 11 is 0. The van der Waals surface area contributed by atoms with Crippen molar-refractivity contribution in [3.8, 4) is 0 Å². The highest BCUT2D eigenvalue weighted by Crippen LogP contribution is 2.38. The molecule has 0 aliphatic heterocycles. The van der Waals surface area contributed by atoms with Gasteiger partial charge in [0.15, 0.2) is 0 Å². The predicted octanol–water partition coefficient (Wildman–Crippen LogP) is 11.8. The van der Waals surface area contributed by atoms with Gasteiger partial charge in [-0.3, -0.25) is 0 Å². The Morgan fingerprint density at radius 1 is 0.300 bits per heavy atom. The third-order valence-corrected chi connectivity index (χ3v) is 8.66. The van der Waals surface area contributed by atoms with Crippen molar-refractivity contribution in [2.24, 2.45) is 0 Å².